The lowest BCUT2D eigenvalue weighted by atomic mass is 9.99. The molecule has 9 heteroatoms. The Hall–Kier alpha value is -3.82. The zero-order valence-corrected chi connectivity index (χ0v) is 24.0. The van der Waals surface area contributed by atoms with Gasteiger partial charge in [-0.3, -0.25) is 10.1 Å². The van der Waals surface area contributed by atoms with E-state index >= 15 is 0 Å². The molecule has 1 heterocycles. The molecule has 3 aromatic rings. The first-order chi connectivity index (χ1) is 19.9. The molecule has 0 spiro atoms. The maximum absolute atomic E-state index is 13.6. The maximum Gasteiger partial charge on any atom is 0.408 e. The molecular weight excluding hydrogens is 540 g/mol. The average molecular weight is 577 g/mol. The number of hydrogen-bond acceptors (Lipinski definition) is 8. The molecule has 8 nitrogen and oxygen atoms in total. The summed E-state index contributed by atoms with van der Waals surface area (Å²) in [5, 5.41) is 6.07. The van der Waals surface area contributed by atoms with Crippen molar-refractivity contribution in [2.75, 3.05) is 12.9 Å². The summed E-state index contributed by atoms with van der Waals surface area (Å²) in [6.07, 6.45) is -0.407. The van der Waals surface area contributed by atoms with Crippen molar-refractivity contribution in [3.8, 4) is 0 Å². The Morgan fingerprint density at radius 2 is 1.49 bits per heavy atom. The number of nitrogens with one attached hydrogen (secondary N) is 2. The number of carbonyl (C=O) groups excluding carboxylic acids is 3. The van der Waals surface area contributed by atoms with E-state index in [-0.39, 0.29) is 29.9 Å². The van der Waals surface area contributed by atoms with Crippen LogP contribution in [0.4, 0.5) is 4.79 Å². The highest BCUT2D eigenvalue weighted by atomic mass is 32.2. The lowest BCUT2D eigenvalue weighted by Gasteiger charge is -2.25. The number of methoxy groups -OCH3 is 1. The van der Waals surface area contributed by atoms with E-state index in [1.807, 2.05) is 91.0 Å². The van der Waals surface area contributed by atoms with Gasteiger partial charge in [0.25, 0.3) is 0 Å². The summed E-state index contributed by atoms with van der Waals surface area (Å²) in [5.41, 5.74) is 2.49. The van der Waals surface area contributed by atoms with Gasteiger partial charge in [-0.15, -0.1) is 11.8 Å². The van der Waals surface area contributed by atoms with Crippen LogP contribution < -0.4 is 10.6 Å². The SMILES string of the molecule is COC(=O)[C@@H]1CSC(C(C)CC[C@H](NC(=O)OCc2ccccc2)C(=O)OC(c2ccccc2)c2ccccc2)N1. The van der Waals surface area contributed by atoms with Crippen molar-refractivity contribution in [3.05, 3.63) is 108 Å². The predicted molar refractivity (Wildman–Crippen MR) is 158 cm³/mol. The summed E-state index contributed by atoms with van der Waals surface area (Å²) in [6, 6.07) is 27.1. The quantitative estimate of drug-likeness (QED) is 0.223. The molecular formula is C32H36N2O6S. The zero-order chi connectivity index (χ0) is 29.0. The minimum Gasteiger partial charge on any atom is -0.468 e. The Morgan fingerprint density at radius 1 is 0.902 bits per heavy atom. The summed E-state index contributed by atoms with van der Waals surface area (Å²) >= 11 is 1.65. The summed E-state index contributed by atoms with van der Waals surface area (Å²) in [4.78, 5) is 38.4. The standard InChI is InChI=1S/C32H36N2O6S/c1-22(29-33-27(21-41-29)30(35)38-2)18-19-26(34-32(37)39-20-23-12-6-3-7-13-23)31(36)40-28(24-14-8-4-9-15-24)25-16-10-5-11-17-25/h3-17,22,26-29,33H,18-21H2,1-2H3,(H,34,37)/t22?,26-,27-,29?/m0/s1. The van der Waals surface area contributed by atoms with Gasteiger partial charge in [-0.1, -0.05) is 97.9 Å². The predicted octanol–water partition coefficient (Wildman–Crippen LogP) is 5.23. The Bertz CT molecular complexity index is 1220. The van der Waals surface area contributed by atoms with Crippen LogP contribution in [-0.4, -0.2) is 48.4 Å². The minimum absolute atomic E-state index is 0.0159. The van der Waals surface area contributed by atoms with E-state index in [1.165, 1.54) is 7.11 Å². The second kappa shape index (κ2) is 15.3. The fourth-order valence-corrected chi connectivity index (χ4v) is 5.98. The van der Waals surface area contributed by atoms with Crippen molar-refractivity contribution in [3.63, 3.8) is 0 Å². The molecule has 41 heavy (non-hydrogen) atoms. The second-order valence-electron chi connectivity index (χ2n) is 9.95. The first-order valence-corrected chi connectivity index (χ1v) is 14.7. The number of ether oxygens (including phenoxy) is 3. The average Bonchev–Trinajstić information content (AvgIpc) is 3.52. The van der Waals surface area contributed by atoms with Gasteiger partial charge in [0.1, 0.15) is 18.7 Å². The number of hydrogen-bond donors (Lipinski definition) is 2. The largest absolute Gasteiger partial charge is 0.468 e. The highest BCUT2D eigenvalue weighted by Gasteiger charge is 2.34. The molecule has 0 aliphatic carbocycles. The third-order valence-corrected chi connectivity index (χ3v) is 8.43. The monoisotopic (exact) mass is 576 g/mol. The van der Waals surface area contributed by atoms with Crippen LogP contribution in [0.3, 0.4) is 0 Å². The van der Waals surface area contributed by atoms with Gasteiger partial charge < -0.3 is 19.5 Å². The number of carbonyl (C=O) groups is 3. The first-order valence-electron chi connectivity index (χ1n) is 13.7. The third kappa shape index (κ3) is 8.83. The number of amides is 1. The number of thioether (sulfide) groups is 1. The van der Waals surface area contributed by atoms with Crippen molar-refractivity contribution in [1.29, 1.82) is 0 Å². The van der Waals surface area contributed by atoms with Crippen LogP contribution in [0.25, 0.3) is 0 Å². The van der Waals surface area contributed by atoms with E-state index in [2.05, 4.69) is 17.6 Å². The van der Waals surface area contributed by atoms with Gasteiger partial charge in [0, 0.05) is 5.75 Å². The zero-order valence-electron chi connectivity index (χ0n) is 23.2. The molecule has 0 bridgehead atoms. The van der Waals surface area contributed by atoms with Crippen LogP contribution in [0.2, 0.25) is 0 Å². The van der Waals surface area contributed by atoms with Crippen molar-refractivity contribution >= 4 is 29.8 Å². The molecule has 0 radical (unpaired) electrons. The van der Waals surface area contributed by atoms with E-state index in [0.29, 0.717) is 18.6 Å². The Kier molecular flexibility index (Phi) is 11.2. The van der Waals surface area contributed by atoms with Crippen LogP contribution in [0, 0.1) is 5.92 Å². The molecule has 4 rings (SSSR count). The summed E-state index contributed by atoms with van der Waals surface area (Å²) < 4.78 is 16.4. The van der Waals surface area contributed by atoms with Gasteiger partial charge in [0.15, 0.2) is 6.10 Å². The van der Waals surface area contributed by atoms with Gasteiger partial charge in [-0.25, -0.2) is 9.59 Å². The van der Waals surface area contributed by atoms with E-state index < -0.39 is 24.2 Å². The lowest BCUT2D eigenvalue weighted by molar-refractivity contribution is -0.150. The third-order valence-electron chi connectivity index (χ3n) is 6.95. The van der Waals surface area contributed by atoms with Gasteiger partial charge in [-0.2, -0.15) is 0 Å². The fourth-order valence-electron chi connectivity index (χ4n) is 4.62. The summed E-state index contributed by atoms with van der Waals surface area (Å²) in [7, 11) is 1.38. The number of esters is 2. The summed E-state index contributed by atoms with van der Waals surface area (Å²) in [5.74, 6) is -0.117. The van der Waals surface area contributed by atoms with Gasteiger partial charge in [0.2, 0.25) is 0 Å². The van der Waals surface area contributed by atoms with Crippen molar-refractivity contribution in [2.24, 2.45) is 5.92 Å². The normalized spacial score (nSPS) is 17.8. The first kappa shape index (κ1) is 30.1. The lowest BCUT2D eigenvalue weighted by Crippen LogP contribution is -2.43. The molecule has 0 saturated carbocycles. The molecule has 216 valence electrons. The van der Waals surface area contributed by atoms with Crippen LogP contribution in [0.1, 0.15) is 42.6 Å². The summed E-state index contributed by atoms with van der Waals surface area (Å²) in [6.45, 7) is 2.14. The Labute approximate surface area is 245 Å². The topological polar surface area (TPSA) is 103 Å². The minimum atomic E-state index is -0.932. The number of alkyl carbamates (subject to hydrolysis) is 1. The molecule has 2 unspecified atom stereocenters. The molecule has 1 saturated heterocycles. The fraction of sp³-hybridized carbons (Fsp3) is 0.344. The van der Waals surface area contributed by atoms with E-state index in [0.717, 1.165) is 16.7 Å². The smallest absolute Gasteiger partial charge is 0.408 e. The van der Waals surface area contributed by atoms with Gasteiger partial charge in [0.05, 0.1) is 12.5 Å². The van der Waals surface area contributed by atoms with Crippen LogP contribution >= 0.6 is 11.8 Å². The molecule has 2 N–H and O–H groups in total. The molecule has 1 fully saturated rings. The Morgan fingerprint density at radius 3 is 2.07 bits per heavy atom. The van der Waals surface area contributed by atoms with Crippen LogP contribution in [0.5, 0.6) is 0 Å². The van der Waals surface area contributed by atoms with Crippen molar-refractivity contribution in [2.45, 2.75) is 49.9 Å². The van der Waals surface area contributed by atoms with Crippen LogP contribution in [-0.2, 0) is 30.4 Å². The maximum atomic E-state index is 13.6. The van der Waals surface area contributed by atoms with Crippen LogP contribution in [0.15, 0.2) is 91.0 Å². The van der Waals surface area contributed by atoms with E-state index in [1.54, 1.807) is 11.8 Å². The molecule has 1 aliphatic heterocycles. The Balaban J connectivity index is 1.45. The number of benzene rings is 3. The molecule has 4 atom stereocenters. The molecule has 3 aromatic carbocycles. The molecule has 1 amide bonds. The van der Waals surface area contributed by atoms with Crippen molar-refractivity contribution in [1.82, 2.24) is 10.6 Å². The molecule has 0 aromatic heterocycles. The molecule has 1 aliphatic rings. The van der Waals surface area contributed by atoms with E-state index in [4.69, 9.17) is 14.2 Å². The highest BCUT2D eigenvalue weighted by molar-refractivity contribution is 8.00. The van der Waals surface area contributed by atoms with Gasteiger partial charge >= 0.3 is 18.0 Å². The number of rotatable bonds is 12. The van der Waals surface area contributed by atoms with Gasteiger partial charge in [-0.05, 0) is 35.4 Å². The second-order valence-corrected chi connectivity index (χ2v) is 11.1. The van der Waals surface area contributed by atoms with Crippen molar-refractivity contribution < 1.29 is 28.6 Å². The van der Waals surface area contributed by atoms with E-state index in [9.17, 15) is 14.4 Å². The highest BCUT2D eigenvalue weighted by Crippen LogP contribution is 2.30.